The number of nitrogens with zero attached hydrogens (tertiary/aromatic N) is 6. The van der Waals surface area contributed by atoms with Gasteiger partial charge in [0.2, 0.25) is 4.80 Å². The maximum absolute atomic E-state index is 12.8. The van der Waals surface area contributed by atoms with Crippen molar-refractivity contribution in [2.24, 2.45) is 12.0 Å². The lowest BCUT2D eigenvalue weighted by molar-refractivity contribution is 0.189. The Balaban J connectivity index is 1.83. The molecule has 2 atom stereocenters. The Bertz CT molecular complexity index is 1050. The van der Waals surface area contributed by atoms with Crippen LogP contribution in [-0.4, -0.2) is 55.5 Å². The van der Waals surface area contributed by atoms with Gasteiger partial charge < -0.3 is 4.57 Å². The number of rotatable bonds is 3. The van der Waals surface area contributed by atoms with Crippen LogP contribution in [0.3, 0.4) is 0 Å². The fourth-order valence-electron chi connectivity index (χ4n) is 3.37. The van der Waals surface area contributed by atoms with E-state index in [0.717, 1.165) is 11.5 Å². The van der Waals surface area contributed by atoms with E-state index in [-0.39, 0.29) is 23.9 Å². The number of hydrogen-bond acceptors (Lipinski definition) is 6. The molecule has 2 unspecified atom stereocenters. The van der Waals surface area contributed by atoms with E-state index in [9.17, 15) is 9.59 Å². The van der Waals surface area contributed by atoms with Crippen LogP contribution in [0.15, 0.2) is 16.0 Å². The van der Waals surface area contributed by atoms with E-state index in [1.807, 2.05) is 38.5 Å². The number of urea groups is 1. The van der Waals surface area contributed by atoms with E-state index in [4.69, 9.17) is 4.99 Å². The SMILES string of the molecule is CCN1C(=O)N(CC)C2Nn3c(s/c(=C\c4cnc(C)n4C)c3=O)=NC21. The van der Waals surface area contributed by atoms with Crippen molar-refractivity contribution in [3.8, 4) is 0 Å². The summed E-state index contributed by atoms with van der Waals surface area (Å²) in [5.74, 6) is 0.880. The topological polar surface area (TPSA) is 87.8 Å². The third-order valence-electron chi connectivity index (χ3n) is 4.96. The zero-order valence-corrected chi connectivity index (χ0v) is 15.9. The minimum atomic E-state index is -0.334. The van der Waals surface area contributed by atoms with Gasteiger partial charge in [-0.3, -0.25) is 20.0 Å². The molecule has 26 heavy (non-hydrogen) atoms. The van der Waals surface area contributed by atoms with Crippen LogP contribution in [0.25, 0.3) is 6.08 Å². The maximum atomic E-state index is 12.8. The predicted octanol–water partition coefficient (Wildman–Crippen LogP) is -0.613. The molecule has 0 aromatic carbocycles. The van der Waals surface area contributed by atoms with E-state index in [0.29, 0.717) is 22.4 Å². The molecule has 138 valence electrons. The molecular formula is C16H21N7O2S. The molecule has 4 heterocycles. The lowest BCUT2D eigenvalue weighted by Crippen LogP contribution is -2.55. The van der Waals surface area contributed by atoms with Gasteiger partial charge in [-0.25, -0.2) is 14.8 Å². The van der Waals surface area contributed by atoms with Crippen LogP contribution in [0.1, 0.15) is 25.4 Å². The van der Waals surface area contributed by atoms with Crippen molar-refractivity contribution in [2.75, 3.05) is 18.5 Å². The third-order valence-corrected chi connectivity index (χ3v) is 5.94. The highest BCUT2D eigenvalue weighted by Gasteiger charge is 2.46. The van der Waals surface area contributed by atoms with E-state index in [2.05, 4.69) is 10.4 Å². The largest absolute Gasteiger partial charge is 0.332 e. The van der Waals surface area contributed by atoms with Gasteiger partial charge in [0.15, 0.2) is 12.3 Å². The molecule has 2 aliphatic rings. The normalized spacial score (nSPS) is 22.3. The minimum absolute atomic E-state index is 0.0541. The Morgan fingerprint density at radius 2 is 2.00 bits per heavy atom. The van der Waals surface area contributed by atoms with Crippen LogP contribution in [0.5, 0.6) is 0 Å². The molecule has 0 spiro atoms. The van der Waals surface area contributed by atoms with Crippen molar-refractivity contribution >= 4 is 23.4 Å². The Hall–Kier alpha value is -2.62. The summed E-state index contributed by atoms with van der Waals surface area (Å²) in [6, 6.07) is -0.0541. The number of hydrogen-bond donors (Lipinski definition) is 1. The smallest absolute Gasteiger partial charge is 0.323 e. The van der Waals surface area contributed by atoms with Gasteiger partial charge in [-0.15, -0.1) is 0 Å². The predicted molar refractivity (Wildman–Crippen MR) is 98.0 cm³/mol. The highest BCUT2D eigenvalue weighted by atomic mass is 32.1. The van der Waals surface area contributed by atoms with Crippen molar-refractivity contribution in [1.82, 2.24) is 24.0 Å². The summed E-state index contributed by atoms with van der Waals surface area (Å²) in [4.78, 5) is 38.3. The van der Waals surface area contributed by atoms with Crippen LogP contribution in [0, 0.1) is 6.92 Å². The molecule has 2 amide bonds. The molecule has 4 rings (SSSR count). The Kier molecular flexibility index (Phi) is 3.87. The lowest BCUT2D eigenvalue weighted by Gasteiger charge is -2.28. The number of thiazole rings is 1. The second kappa shape index (κ2) is 5.97. The van der Waals surface area contributed by atoms with Crippen LogP contribution >= 0.6 is 11.3 Å². The number of aryl methyl sites for hydroxylation is 1. The van der Waals surface area contributed by atoms with Crippen molar-refractivity contribution in [3.63, 3.8) is 0 Å². The summed E-state index contributed by atoms with van der Waals surface area (Å²) in [5, 5.41) is 0. The number of carbonyl (C=O) groups is 1. The number of imidazole rings is 1. The first kappa shape index (κ1) is 16.8. The second-order valence-electron chi connectivity index (χ2n) is 6.29. The van der Waals surface area contributed by atoms with E-state index < -0.39 is 0 Å². The fraction of sp³-hybridized carbons (Fsp3) is 0.500. The zero-order valence-electron chi connectivity index (χ0n) is 15.1. The first-order chi connectivity index (χ1) is 12.5. The highest BCUT2D eigenvalue weighted by Crippen LogP contribution is 2.23. The third kappa shape index (κ3) is 2.28. The van der Waals surface area contributed by atoms with Crippen molar-refractivity contribution in [3.05, 3.63) is 37.4 Å². The van der Waals surface area contributed by atoms with Gasteiger partial charge in [-0.2, -0.15) is 4.68 Å². The van der Waals surface area contributed by atoms with Crippen LogP contribution in [0.4, 0.5) is 4.79 Å². The number of carbonyl (C=O) groups excluding carboxylic acids is 1. The number of aromatic nitrogens is 3. The summed E-state index contributed by atoms with van der Waals surface area (Å²) < 4.78 is 3.96. The molecule has 0 radical (unpaired) electrons. The molecule has 2 aromatic heterocycles. The van der Waals surface area contributed by atoms with Gasteiger partial charge in [-0.1, -0.05) is 11.3 Å². The molecule has 1 N–H and O–H groups in total. The molecule has 0 aliphatic carbocycles. The Morgan fingerprint density at radius 3 is 2.62 bits per heavy atom. The van der Waals surface area contributed by atoms with Crippen LogP contribution in [-0.2, 0) is 7.05 Å². The van der Waals surface area contributed by atoms with Crippen molar-refractivity contribution in [2.45, 2.75) is 33.1 Å². The van der Waals surface area contributed by atoms with E-state index in [1.165, 1.54) is 16.0 Å². The maximum Gasteiger partial charge on any atom is 0.323 e. The first-order valence-electron chi connectivity index (χ1n) is 8.59. The number of nitrogens with one attached hydrogen (secondary N) is 1. The molecule has 0 saturated carbocycles. The van der Waals surface area contributed by atoms with Crippen LogP contribution < -0.4 is 20.3 Å². The molecule has 9 nitrogen and oxygen atoms in total. The molecule has 1 saturated heterocycles. The van der Waals surface area contributed by atoms with E-state index >= 15 is 0 Å². The van der Waals surface area contributed by atoms with Gasteiger partial charge >= 0.3 is 6.03 Å². The standard InChI is InChI=1S/C16H21N7O2S/c1-5-21-12-13(22(6-2)16(21)25)19-23-14(24)11(26-15(23)18-12)7-10-8-17-9(3)20(10)4/h7-8,12-13,19H,5-6H2,1-4H3/b11-7-. The monoisotopic (exact) mass is 375 g/mol. The molecule has 1 fully saturated rings. The Morgan fingerprint density at radius 1 is 1.27 bits per heavy atom. The highest BCUT2D eigenvalue weighted by molar-refractivity contribution is 7.07. The average molecular weight is 375 g/mol. The van der Waals surface area contributed by atoms with Gasteiger partial charge in [0, 0.05) is 20.1 Å². The first-order valence-corrected chi connectivity index (χ1v) is 9.41. The van der Waals surface area contributed by atoms with Crippen molar-refractivity contribution < 1.29 is 4.79 Å². The quantitative estimate of drug-likeness (QED) is 0.775. The summed E-state index contributed by atoms with van der Waals surface area (Å²) in [6.07, 6.45) is 2.91. The summed E-state index contributed by atoms with van der Waals surface area (Å²) in [5.41, 5.74) is 3.89. The minimum Gasteiger partial charge on any atom is -0.332 e. The molecular weight excluding hydrogens is 354 g/mol. The van der Waals surface area contributed by atoms with E-state index in [1.54, 1.807) is 16.0 Å². The van der Waals surface area contributed by atoms with Gasteiger partial charge in [0.05, 0.1) is 11.9 Å². The number of fused-ring (bicyclic) bond motifs is 2. The molecule has 2 aliphatic heterocycles. The number of likely N-dealkylation sites (N-methyl/N-ethyl adjacent to an activating group) is 2. The van der Waals surface area contributed by atoms with Gasteiger partial charge in [0.25, 0.3) is 5.56 Å². The van der Waals surface area contributed by atoms with Gasteiger partial charge in [-0.05, 0) is 26.8 Å². The van der Waals surface area contributed by atoms with Crippen LogP contribution in [0.2, 0.25) is 0 Å². The van der Waals surface area contributed by atoms with Gasteiger partial charge in [0.1, 0.15) is 10.4 Å². The fourth-order valence-corrected chi connectivity index (χ4v) is 4.31. The zero-order chi connectivity index (χ0) is 18.6. The summed E-state index contributed by atoms with van der Waals surface area (Å²) >= 11 is 1.31. The Labute approximate surface area is 153 Å². The molecule has 10 heteroatoms. The molecule has 0 bridgehead atoms. The summed E-state index contributed by atoms with van der Waals surface area (Å²) in [7, 11) is 1.91. The average Bonchev–Trinajstić information content (AvgIpc) is 3.20. The second-order valence-corrected chi connectivity index (χ2v) is 7.30. The lowest BCUT2D eigenvalue weighted by atomic mass is 10.3. The summed E-state index contributed by atoms with van der Waals surface area (Å²) in [6.45, 7) is 6.90. The number of amides is 2. The molecule has 2 aromatic rings. The van der Waals surface area contributed by atoms with Crippen molar-refractivity contribution in [1.29, 1.82) is 0 Å².